The highest BCUT2D eigenvalue weighted by Gasteiger charge is 2.56. The van der Waals surface area contributed by atoms with Crippen molar-refractivity contribution in [3.05, 3.63) is 0 Å². The van der Waals surface area contributed by atoms with E-state index < -0.39 is 11.4 Å². The average molecular weight is 350 g/mol. The van der Waals surface area contributed by atoms with Gasteiger partial charge in [0.1, 0.15) is 0 Å². The van der Waals surface area contributed by atoms with E-state index in [0.29, 0.717) is 26.1 Å². The van der Waals surface area contributed by atoms with Crippen LogP contribution in [0.25, 0.3) is 0 Å². The van der Waals surface area contributed by atoms with Crippen LogP contribution in [0.1, 0.15) is 64.2 Å². The molecule has 1 unspecified atom stereocenters. The Hall–Kier alpha value is -1.30. The van der Waals surface area contributed by atoms with Crippen molar-refractivity contribution in [1.29, 1.82) is 0 Å². The van der Waals surface area contributed by atoms with Gasteiger partial charge in [-0.15, -0.1) is 0 Å². The lowest BCUT2D eigenvalue weighted by Gasteiger charge is -2.43. The van der Waals surface area contributed by atoms with Crippen molar-refractivity contribution >= 4 is 12.0 Å². The van der Waals surface area contributed by atoms with E-state index in [-0.39, 0.29) is 23.6 Å². The number of carbonyl (C=O) groups excluding carboxylic acids is 1. The Morgan fingerprint density at radius 2 is 1.88 bits per heavy atom. The van der Waals surface area contributed by atoms with E-state index in [1.165, 1.54) is 19.3 Å². The molecule has 4 aliphatic rings. The van der Waals surface area contributed by atoms with Crippen LogP contribution in [0.4, 0.5) is 4.79 Å². The van der Waals surface area contributed by atoms with E-state index in [1.807, 2.05) is 0 Å². The molecule has 2 saturated carbocycles. The van der Waals surface area contributed by atoms with Crippen molar-refractivity contribution in [2.75, 3.05) is 19.7 Å². The molecule has 25 heavy (non-hydrogen) atoms. The number of fused-ring (bicyclic) bond motifs is 1. The standard InChI is InChI=1S/C19H30N2O4/c22-16(23)19-9-4-5-14(19)12-21(13-19)17(24)20-15-6-10-25-18(11-15)7-2-1-3-8-18/h14-15H,1-13H2,(H,20,24)(H,22,23)/t14-,15?,19+/m0/s1. The molecule has 2 aliphatic carbocycles. The molecule has 4 fully saturated rings. The maximum Gasteiger partial charge on any atom is 0.317 e. The molecule has 0 aromatic rings. The fourth-order valence-corrected chi connectivity index (χ4v) is 5.75. The monoisotopic (exact) mass is 350 g/mol. The molecule has 2 amide bonds. The third kappa shape index (κ3) is 3.03. The van der Waals surface area contributed by atoms with Crippen LogP contribution in [-0.2, 0) is 9.53 Å². The van der Waals surface area contributed by atoms with Crippen molar-refractivity contribution in [3.8, 4) is 0 Å². The predicted molar refractivity (Wildman–Crippen MR) is 92.3 cm³/mol. The van der Waals surface area contributed by atoms with Gasteiger partial charge in [0.2, 0.25) is 0 Å². The lowest BCUT2D eigenvalue weighted by Crippen LogP contribution is -2.52. The molecule has 2 heterocycles. The molecule has 0 aromatic heterocycles. The zero-order valence-electron chi connectivity index (χ0n) is 15.0. The largest absolute Gasteiger partial charge is 0.481 e. The highest BCUT2D eigenvalue weighted by atomic mass is 16.5. The minimum atomic E-state index is -0.725. The van der Waals surface area contributed by atoms with E-state index in [0.717, 1.165) is 38.5 Å². The van der Waals surface area contributed by atoms with Crippen LogP contribution < -0.4 is 5.32 Å². The van der Waals surface area contributed by atoms with E-state index >= 15 is 0 Å². The van der Waals surface area contributed by atoms with Gasteiger partial charge in [0.05, 0.1) is 11.0 Å². The zero-order chi connectivity index (χ0) is 17.5. The Balaban J connectivity index is 1.37. The van der Waals surface area contributed by atoms with Crippen molar-refractivity contribution < 1.29 is 19.4 Å². The van der Waals surface area contributed by atoms with E-state index in [1.54, 1.807) is 4.90 Å². The number of nitrogens with one attached hydrogen (secondary N) is 1. The fraction of sp³-hybridized carbons (Fsp3) is 0.895. The van der Waals surface area contributed by atoms with Crippen LogP contribution in [0.3, 0.4) is 0 Å². The van der Waals surface area contributed by atoms with Gasteiger partial charge in [0, 0.05) is 25.7 Å². The van der Waals surface area contributed by atoms with Gasteiger partial charge in [-0.25, -0.2) is 4.79 Å². The summed E-state index contributed by atoms with van der Waals surface area (Å²) in [4.78, 5) is 26.3. The first-order valence-electron chi connectivity index (χ1n) is 9.96. The molecule has 6 nitrogen and oxygen atoms in total. The van der Waals surface area contributed by atoms with E-state index in [2.05, 4.69) is 5.32 Å². The lowest BCUT2D eigenvalue weighted by molar-refractivity contribution is -0.149. The third-order valence-corrected chi connectivity index (χ3v) is 7.17. The topological polar surface area (TPSA) is 78.9 Å². The number of nitrogens with zero attached hydrogens (tertiary/aromatic N) is 1. The lowest BCUT2D eigenvalue weighted by atomic mass is 9.78. The zero-order valence-corrected chi connectivity index (χ0v) is 15.0. The molecule has 6 heteroatoms. The molecule has 0 radical (unpaired) electrons. The normalized spacial score (nSPS) is 37.0. The number of hydrogen-bond donors (Lipinski definition) is 2. The molecule has 3 atom stereocenters. The van der Waals surface area contributed by atoms with Crippen LogP contribution in [0.5, 0.6) is 0 Å². The SMILES string of the molecule is O=C(NC1CCOC2(CCCCC2)C1)N1C[C@@H]2CCC[C@@]2(C(=O)O)C1. The van der Waals surface area contributed by atoms with Gasteiger partial charge in [-0.1, -0.05) is 25.7 Å². The van der Waals surface area contributed by atoms with Crippen LogP contribution in [0.2, 0.25) is 0 Å². The first kappa shape index (κ1) is 17.1. The molecule has 4 rings (SSSR count). The summed E-state index contributed by atoms with van der Waals surface area (Å²) in [5.41, 5.74) is -0.726. The van der Waals surface area contributed by atoms with Gasteiger partial charge in [0.15, 0.2) is 0 Å². The van der Waals surface area contributed by atoms with Crippen LogP contribution in [0.15, 0.2) is 0 Å². The summed E-state index contributed by atoms with van der Waals surface area (Å²) >= 11 is 0. The molecule has 140 valence electrons. The summed E-state index contributed by atoms with van der Waals surface area (Å²) in [7, 11) is 0. The maximum atomic E-state index is 12.8. The number of urea groups is 1. The number of hydrogen-bond acceptors (Lipinski definition) is 3. The number of carboxylic acids is 1. The number of likely N-dealkylation sites (tertiary alicyclic amines) is 1. The summed E-state index contributed by atoms with van der Waals surface area (Å²) in [6.07, 6.45) is 10.3. The van der Waals surface area contributed by atoms with Crippen LogP contribution >= 0.6 is 0 Å². The minimum absolute atomic E-state index is 0.0295. The molecule has 0 aromatic carbocycles. The number of rotatable bonds is 2. The second kappa shape index (κ2) is 6.45. The highest BCUT2D eigenvalue weighted by molar-refractivity contribution is 5.80. The molecule has 2 N–H and O–H groups in total. The Labute approximate surface area is 149 Å². The van der Waals surface area contributed by atoms with E-state index in [4.69, 9.17) is 4.74 Å². The van der Waals surface area contributed by atoms with Crippen LogP contribution in [-0.4, -0.2) is 53.3 Å². The highest BCUT2D eigenvalue weighted by Crippen LogP contribution is 2.49. The van der Waals surface area contributed by atoms with Gasteiger partial charge in [0.25, 0.3) is 0 Å². The smallest absolute Gasteiger partial charge is 0.317 e. The average Bonchev–Trinajstić information content (AvgIpc) is 3.14. The van der Waals surface area contributed by atoms with Gasteiger partial charge >= 0.3 is 12.0 Å². The number of carboxylic acid groups (broad SMARTS) is 1. The summed E-state index contributed by atoms with van der Waals surface area (Å²) in [5.74, 6) is -0.604. The van der Waals surface area contributed by atoms with Gasteiger partial charge in [-0.2, -0.15) is 0 Å². The molecular weight excluding hydrogens is 320 g/mol. The van der Waals surface area contributed by atoms with Crippen LogP contribution in [0, 0.1) is 11.3 Å². The Morgan fingerprint density at radius 1 is 1.08 bits per heavy atom. The second-order valence-corrected chi connectivity index (χ2v) is 8.66. The Bertz CT molecular complexity index is 540. The van der Waals surface area contributed by atoms with Gasteiger partial charge < -0.3 is 20.1 Å². The fourth-order valence-electron chi connectivity index (χ4n) is 5.75. The number of carbonyl (C=O) groups is 2. The quantitative estimate of drug-likeness (QED) is 0.803. The van der Waals surface area contributed by atoms with E-state index in [9.17, 15) is 14.7 Å². The first-order chi connectivity index (χ1) is 12.0. The number of ether oxygens (including phenoxy) is 1. The number of aliphatic carboxylic acids is 1. The van der Waals surface area contributed by atoms with Crippen molar-refractivity contribution in [2.24, 2.45) is 11.3 Å². The summed E-state index contributed by atoms with van der Waals surface area (Å²) in [5, 5.41) is 12.9. The molecule has 1 spiro atoms. The third-order valence-electron chi connectivity index (χ3n) is 7.17. The Kier molecular flexibility index (Phi) is 4.42. The summed E-state index contributed by atoms with van der Waals surface area (Å²) < 4.78 is 6.11. The van der Waals surface area contributed by atoms with Crippen molar-refractivity contribution in [1.82, 2.24) is 10.2 Å². The van der Waals surface area contributed by atoms with Crippen molar-refractivity contribution in [3.63, 3.8) is 0 Å². The van der Waals surface area contributed by atoms with Gasteiger partial charge in [-0.05, 0) is 44.4 Å². The number of amides is 2. The molecule has 2 aliphatic heterocycles. The second-order valence-electron chi connectivity index (χ2n) is 8.66. The predicted octanol–water partition coefficient (Wildman–Crippen LogP) is 2.76. The molecule has 2 saturated heterocycles. The summed E-state index contributed by atoms with van der Waals surface area (Å²) in [6.45, 7) is 1.67. The summed E-state index contributed by atoms with van der Waals surface area (Å²) in [6, 6.07) is 0.0773. The molecular formula is C19H30N2O4. The first-order valence-corrected chi connectivity index (χ1v) is 9.96. The molecule has 0 bridgehead atoms. The minimum Gasteiger partial charge on any atom is -0.481 e. The Morgan fingerprint density at radius 3 is 2.60 bits per heavy atom. The maximum absolute atomic E-state index is 12.8. The van der Waals surface area contributed by atoms with Gasteiger partial charge in [-0.3, -0.25) is 4.79 Å². The van der Waals surface area contributed by atoms with Crippen molar-refractivity contribution in [2.45, 2.75) is 75.9 Å².